The van der Waals surface area contributed by atoms with Crippen LogP contribution < -0.4 is 11.3 Å². The van der Waals surface area contributed by atoms with Gasteiger partial charge in [0.25, 0.3) is 0 Å². The van der Waals surface area contributed by atoms with Crippen LogP contribution in [0.1, 0.15) is 10.4 Å². The largest absolute Gasteiger partial charge is 0.506 e. The molecule has 0 amide bonds. The summed E-state index contributed by atoms with van der Waals surface area (Å²) in [5, 5.41) is 19.7. The van der Waals surface area contributed by atoms with E-state index in [1.807, 2.05) is 0 Å². The third-order valence-corrected chi connectivity index (χ3v) is 2.61. The lowest BCUT2D eigenvalue weighted by molar-refractivity contribution is -0.136. The van der Waals surface area contributed by atoms with Gasteiger partial charge in [-0.05, 0) is 12.1 Å². The highest BCUT2D eigenvalue weighted by Crippen LogP contribution is 2.25. The van der Waals surface area contributed by atoms with Gasteiger partial charge in [-0.3, -0.25) is 9.59 Å². The molecule has 0 saturated heterocycles. The van der Waals surface area contributed by atoms with E-state index in [0.717, 1.165) is 0 Å². The Bertz CT molecular complexity index is 764. The second kappa shape index (κ2) is 5.02. The molecule has 0 saturated carbocycles. The molecule has 104 valence electrons. The van der Waals surface area contributed by atoms with Crippen LogP contribution in [0.2, 0.25) is 0 Å². The van der Waals surface area contributed by atoms with Crippen molar-refractivity contribution >= 4 is 22.8 Å². The first kappa shape index (κ1) is 13.6. The van der Waals surface area contributed by atoms with E-state index in [2.05, 4.69) is 4.74 Å². The molecule has 0 atom stereocenters. The Kier molecular flexibility index (Phi) is 3.40. The second-order valence-corrected chi connectivity index (χ2v) is 3.82. The van der Waals surface area contributed by atoms with Crippen molar-refractivity contribution in [3.63, 3.8) is 0 Å². The summed E-state index contributed by atoms with van der Waals surface area (Å²) in [6.07, 6.45) is 0. The maximum absolute atomic E-state index is 11.8. The first-order chi connectivity index (χ1) is 9.47. The highest BCUT2D eigenvalue weighted by atomic mass is 16.6. The summed E-state index contributed by atoms with van der Waals surface area (Å²) >= 11 is 0. The molecular weight excluding hydrogens is 268 g/mol. The van der Waals surface area contributed by atoms with Crippen LogP contribution in [0.15, 0.2) is 29.1 Å². The van der Waals surface area contributed by atoms with Crippen LogP contribution in [0.25, 0.3) is 10.9 Å². The Balaban J connectivity index is 2.68. The minimum absolute atomic E-state index is 0.0108. The van der Waals surface area contributed by atoms with Gasteiger partial charge < -0.3 is 20.8 Å². The summed E-state index contributed by atoms with van der Waals surface area (Å²) in [4.78, 5) is 34.4. The quantitative estimate of drug-likeness (QED) is 0.386. The molecule has 2 rings (SSSR count). The van der Waals surface area contributed by atoms with Crippen LogP contribution in [0.3, 0.4) is 0 Å². The maximum atomic E-state index is 11.8. The molecule has 0 aliphatic rings. The second-order valence-electron chi connectivity index (χ2n) is 3.82. The molecule has 8 heteroatoms. The van der Waals surface area contributed by atoms with E-state index in [1.165, 1.54) is 24.3 Å². The average Bonchev–Trinajstić information content (AvgIpc) is 2.45. The Morgan fingerprint density at radius 3 is 2.60 bits per heavy atom. The van der Waals surface area contributed by atoms with Crippen molar-refractivity contribution in [3.8, 4) is 5.75 Å². The van der Waals surface area contributed by atoms with E-state index in [1.54, 1.807) is 0 Å². The topological polar surface area (TPSA) is 132 Å². The third kappa shape index (κ3) is 2.08. The first-order valence-electron chi connectivity index (χ1n) is 5.48. The van der Waals surface area contributed by atoms with Crippen molar-refractivity contribution in [3.05, 3.63) is 40.2 Å². The predicted molar refractivity (Wildman–Crippen MR) is 66.5 cm³/mol. The Morgan fingerprint density at radius 1 is 1.30 bits per heavy atom. The molecule has 2 aromatic rings. The van der Waals surface area contributed by atoms with Gasteiger partial charge in [-0.25, -0.2) is 4.79 Å². The number of pyridine rings is 1. The Hall–Kier alpha value is -2.87. The molecule has 0 aliphatic carbocycles. The number of nitrogens with zero attached hydrogens (tertiary/aromatic N) is 1. The molecule has 0 radical (unpaired) electrons. The van der Waals surface area contributed by atoms with Gasteiger partial charge in [-0.1, -0.05) is 12.1 Å². The van der Waals surface area contributed by atoms with Gasteiger partial charge in [0.15, 0.2) is 5.56 Å². The number of nitrogens with two attached hydrogens (primary N) is 1. The number of benzene rings is 1. The zero-order chi connectivity index (χ0) is 14.9. The number of aromatic hydroxyl groups is 1. The molecule has 1 aromatic heterocycles. The number of ether oxygens (including phenoxy) is 1. The summed E-state index contributed by atoms with van der Waals surface area (Å²) in [5.74, 6) is -3.12. The lowest BCUT2D eigenvalue weighted by Gasteiger charge is -2.09. The van der Waals surface area contributed by atoms with Crippen molar-refractivity contribution < 1.29 is 24.6 Å². The SMILES string of the molecule is NCC(=O)OC(=O)c1c(O)c2ccccc2n(O)c1=O. The van der Waals surface area contributed by atoms with Crippen LogP contribution >= 0.6 is 0 Å². The summed E-state index contributed by atoms with van der Waals surface area (Å²) in [6, 6.07) is 5.82. The van der Waals surface area contributed by atoms with Gasteiger partial charge in [-0.15, -0.1) is 4.73 Å². The zero-order valence-corrected chi connectivity index (χ0v) is 10.1. The van der Waals surface area contributed by atoms with Gasteiger partial charge >= 0.3 is 17.5 Å². The average molecular weight is 278 g/mol. The van der Waals surface area contributed by atoms with Crippen LogP contribution in [0.5, 0.6) is 5.75 Å². The van der Waals surface area contributed by atoms with Crippen LogP contribution in [0, 0.1) is 0 Å². The number of aromatic nitrogens is 1. The Morgan fingerprint density at radius 2 is 1.95 bits per heavy atom. The zero-order valence-electron chi connectivity index (χ0n) is 10.1. The number of carbonyl (C=O) groups is 2. The van der Waals surface area contributed by atoms with Crippen molar-refractivity contribution in [2.24, 2.45) is 5.73 Å². The standard InChI is InChI=1S/C12H10N2O6/c13-5-8(15)20-12(18)9-10(16)6-3-1-2-4-7(6)14(19)11(9)17/h1-4,16,19H,5,13H2. The fourth-order valence-electron chi connectivity index (χ4n) is 1.69. The summed E-state index contributed by atoms with van der Waals surface area (Å²) in [5.41, 5.74) is 2.95. The molecule has 0 unspecified atom stereocenters. The molecule has 4 N–H and O–H groups in total. The summed E-state index contributed by atoms with van der Waals surface area (Å²) < 4.78 is 4.46. The van der Waals surface area contributed by atoms with E-state index in [4.69, 9.17) is 5.73 Å². The molecule has 1 heterocycles. The lowest BCUT2D eigenvalue weighted by atomic mass is 10.1. The maximum Gasteiger partial charge on any atom is 0.355 e. The van der Waals surface area contributed by atoms with Gasteiger partial charge in [0.05, 0.1) is 12.1 Å². The van der Waals surface area contributed by atoms with Crippen molar-refractivity contribution in [1.29, 1.82) is 0 Å². The smallest absolute Gasteiger partial charge is 0.355 e. The molecular formula is C12H10N2O6. The van der Waals surface area contributed by atoms with Crippen molar-refractivity contribution in [2.45, 2.75) is 0 Å². The van der Waals surface area contributed by atoms with E-state index in [0.29, 0.717) is 0 Å². The number of para-hydroxylation sites is 1. The summed E-state index contributed by atoms with van der Waals surface area (Å²) in [6.45, 7) is -0.562. The Labute approximate surface area is 111 Å². The van der Waals surface area contributed by atoms with Crippen LogP contribution in [-0.4, -0.2) is 33.5 Å². The van der Waals surface area contributed by atoms with Crippen molar-refractivity contribution in [2.75, 3.05) is 6.54 Å². The highest BCUT2D eigenvalue weighted by Gasteiger charge is 2.24. The minimum Gasteiger partial charge on any atom is -0.506 e. The summed E-state index contributed by atoms with van der Waals surface area (Å²) in [7, 11) is 0. The number of fused-ring (bicyclic) bond motifs is 1. The lowest BCUT2D eigenvalue weighted by Crippen LogP contribution is -2.29. The number of hydrogen-bond donors (Lipinski definition) is 3. The van der Waals surface area contributed by atoms with Crippen molar-refractivity contribution in [1.82, 2.24) is 4.73 Å². The fourth-order valence-corrected chi connectivity index (χ4v) is 1.69. The molecule has 20 heavy (non-hydrogen) atoms. The number of esters is 2. The minimum atomic E-state index is -1.38. The van der Waals surface area contributed by atoms with Gasteiger partial charge in [0, 0.05) is 5.39 Å². The highest BCUT2D eigenvalue weighted by molar-refractivity contribution is 6.03. The number of carbonyl (C=O) groups excluding carboxylic acids is 2. The van der Waals surface area contributed by atoms with Crippen LogP contribution in [0.4, 0.5) is 0 Å². The molecule has 0 spiro atoms. The molecule has 8 nitrogen and oxygen atoms in total. The molecule has 0 aliphatic heterocycles. The normalized spacial score (nSPS) is 10.4. The van der Waals surface area contributed by atoms with Crippen LogP contribution in [-0.2, 0) is 9.53 Å². The predicted octanol–water partition coefficient (Wildman–Crippen LogP) is -0.414. The van der Waals surface area contributed by atoms with Gasteiger partial charge in [-0.2, -0.15) is 0 Å². The third-order valence-electron chi connectivity index (χ3n) is 2.61. The van der Waals surface area contributed by atoms with E-state index >= 15 is 0 Å². The van der Waals surface area contributed by atoms with Gasteiger partial charge in [0.1, 0.15) is 5.75 Å². The van der Waals surface area contributed by atoms with E-state index < -0.39 is 35.4 Å². The van der Waals surface area contributed by atoms with E-state index in [9.17, 15) is 24.7 Å². The van der Waals surface area contributed by atoms with Gasteiger partial charge in [0.2, 0.25) is 0 Å². The molecule has 1 aromatic carbocycles. The van der Waals surface area contributed by atoms with E-state index in [-0.39, 0.29) is 15.6 Å². The number of rotatable bonds is 2. The monoisotopic (exact) mass is 278 g/mol. The molecule has 0 fully saturated rings. The first-order valence-corrected chi connectivity index (χ1v) is 5.48. The molecule has 0 bridgehead atoms. The fraction of sp³-hybridized carbons (Fsp3) is 0.0833. The number of hydrogen-bond acceptors (Lipinski definition) is 7.